The van der Waals surface area contributed by atoms with Crippen LogP contribution in [0.2, 0.25) is 0 Å². The molecule has 0 saturated carbocycles. The van der Waals surface area contributed by atoms with Crippen LogP contribution < -0.4 is 0 Å². The number of esters is 3. The van der Waals surface area contributed by atoms with Gasteiger partial charge < -0.3 is 39.0 Å². The van der Waals surface area contributed by atoms with Gasteiger partial charge in [0.1, 0.15) is 18.8 Å². The van der Waals surface area contributed by atoms with E-state index in [4.69, 9.17) is 23.7 Å². The summed E-state index contributed by atoms with van der Waals surface area (Å²) in [6.45, 7) is 5.73. The molecule has 6 unspecified atom stereocenters. The van der Waals surface area contributed by atoms with Crippen molar-refractivity contribution in [1.82, 2.24) is 0 Å². The van der Waals surface area contributed by atoms with Crippen LogP contribution >= 0.6 is 0 Å². The molecule has 3 N–H and O–H groups in total. The Morgan fingerprint density at radius 1 is 0.410 bits per heavy atom. The van der Waals surface area contributed by atoms with Crippen molar-refractivity contribution in [1.29, 1.82) is 0 Å². The van der Waals surface area contributed by atoms with Gasteiger partial charge in [-0.25, -0.2) is 4.79 Å². The largest absolute Gasteiger partial charge is 0.479 e. The lowest BCUT2D eigenvalue weighted by atomic mass is 9.98. The second kappa shape index (κ2) is 57.5. The smallest absolute Gasteiger partial charge is 0.335 e. The van der Waals surface area contributed by atoms with Crippen LogP contribution in [0.25, 0.3) is 0 Å². The molecule has 0 spiro atoms. The van der Waals surface area contributed by atoms with E-state index >= 15 is 0 Å². The highest BCUT2D eigenvalue weighted by Crippen LogP contribution is 2.26. The number of carboxylic acids is 1. The number of ether oxygens (including phenoxy) is 5. The van der Waals surface area contributed by atoms with Gasteiger partial charge in [-0.3, -0.25) is 14.4 Å². The molecule has 0 aromatic carbocycles. The van der Waals surface area contributed by atoms with Gasteiger partial charge >= 0.3 is 23.9 Å². The Morgan fingerprint density at radius 2 is 0.759 bits per heavy atom. The van der Waals surface area contributed by atoms with Crippen molar-refractivity contribution in [2.24, 2.45) is 0 Å². The number of aliphatic hydroxyl groups excluding tert-OH is 2. The van der Waals surface area contributed by atoms with Crippen molar-refractivity contribution < 1.29 is 58.2 Å². The summed E-state index contributed by atoms with van der Waals surface area (Å²) in [4.78, 5) is 51.3. The van der Waals surface area contributed by atoms with Gasteiger partial charge in [0.25, 0.3) is 0 Å². The fourth-order valence-electron chi connectivity index (χ4n) is 9.13. The molecule has 0 aliphatic carbocycles. The Labute approximate surface area is 503 Å². The number of hydrogen-bond acceptors (Lipinski definition) is 11. The lowest BCUT2D eigenvalue weighted by Gasteiger charge is -2.40. The Balaban J connectivity index is 2.72. The zero-order valence-electron chi connectivity index (χ0n) is 51.9. The van der Waals surface area contributed by atoms with Crippen LogP contribution in [0.5, 0.6) is 0 Å². The Morgan fingerprint density at radius 3 is 1.16 bits per heavy atom. The Bertz CT molecular complexity index is 1900. The van der Waals surface area contributed by atoms with Crippen molar-refractivity contribution in [3.05, 3.63) is 122 Å². The standard InChI is InChI=1S/C71H114O12/c1-4-7-10-13-16-19-22-25-28-30-32-34-37-39-42-45-48-51-54-57-63(72)79-60-62(81-64(73)58-55-52-49-46-43-41-38-35-33-31-29-26-23-20-17-14-11-8-5-2)61-80-71-69(67(76)66(75)68(83-71)70(77)78)82-65(74)59-56-53-50-47-44-40-36-27-24-21-18-15-12-9-6-3/h7-8,10-11,16-17,19-20,25-26,28-29,32-35,39,41-43,62,66-69,71,75-76H,4-6,9,12-15,18,21-24,27,30-31,36-38,40,44-61H2,1-3H3,(H,77,78)/b10-7-,11-8-,19-16-,20-17-,28-25-,29-26-,34-32-,35-33-,42-39-,43-41-. The average Bonchev–Trinajstić information content (AvgIpc) is 3.58. The van der Waals surface area contributed by atoms with Crippen LogP contribution in [0, 0.1) is 0 Å². The fraction of sp³-hybridized carbons (Fsp3) is 0.662. The second-order valence-corrected chi connectivity index (χ2v) is 21.6. The van der Waals surface area contributed by atoms with Gasteiger partial charge in [0.15, 0.2) is 24.6 Å². The lowest BCUT2D eigenvalue weighted by Crippen LogP contribution is -2.61. The minimum absolute atomic E-state index is 0.0501. The number of rotatable bonds is 54. The third-order valence-corrected chi connectivity index (χ3v) is 14.0. The molecule has 1 aliphatic heterocycles. The van der Waals surface area contributed by atoms with E-state index in [-0.39, 0.29) is 25.9 Å². The van der Waals surface area contributed by atoms with Crippen molar-refractivity contribution in [2.45, 2.75) is 289 Å². The summed E-state index contributed by atoms with van der Waals surface area (Å²) in [6, 6.07) is 0. The zero-order chi connectivity index (χ0) is 60.3. The van der Waals surface area contributed by atoms with E-state index in [9.17, 15) is 34.5 Å². The monoisotopic (exact) mass is 1160 g/mol. The van der Waals surface area contributed by atoms with Gasteiger partial charge in [-0.15, -0.1) is 0 Å². The molecule has 1 heterocycles. The van der Waals surface area contributed by atoms with Crippen molar-refractivity contribution in [2.75, 3.05) is 13.2 Å². The van der Waals surface area contributed by atoms with Gasteiger partial charge in [-0.2, -0.15) is 0 Å². The number of unbranched alkanes of at least 4 members (excludes halogenated alkanes) is 20. The molecule has 0 radical (unpaired) electrons. The summed E-state index contributed by atoms with van der Waals surface area (Å²) < 4.78 is 28.5. The predicted octanol–water partition coefficient (Wildman–Crippen LogP) is 17.6. The van der Waals surface area contributed by atoms with E-state index in [0.29, 0.717) is 19.3 Å². The molecular formula is C71H114O12. The Kier molecular flexibility index (Phi) is 52.8. The highest BCUT2D eigenvalue weighted by Gasteiger charge is 2.50. The molecule has 0 bridgehead atoms. The molecule has 0 aromatic rings. The SMILES string of the molecule is CC/C=C\C/C=C\C/C=C\C/C=C\C/C=C\CCCCCC(=O)OCC(COC1OC(C(=O)O)C(O)C(O)C1OC(=O)CCCCCCCCCCCCCCCCC)OC(=O)CCCCC/C=C\C/C=C\C/C=C\C/C=C\C/C=C\CC. The Hall–Kier alpha value is -4.88. The van der Waals surface area contributed by atoms with E-state index < -0.39 is 67.3 Å². The fourth-order valence-corrected chi connectivity index (χ4v) is 9.13. The highest BCUT2D eigenvalue weighted by molar-refractivity contribution is 5.74. The summed E-state index contributed by atoms with van der Waals surface area (Å²) >= 11 is 0. The van der Waals surface area contributed by atoms with E-state index in [1.165, 1.54) is 64.2 Å². The molecule has 12 nitrogen and oxygen atoms in total. The lowest BCUT2D eigenvalue weighted by molar-refractivity contribution is -0.301. The van der Waals surface area contributed by atoms with E-state index in [2.05, 4.69) is 142 Å². The first-order valence-electron chi connectivity index (χ1n) is 32.5. The van der Waals surface area contributed by atoms with Crippen LogP contribution in [0.1, 0.15) is 252 Å². The van der Waals surface area contributed by atoms with Crippen LogP contribution in [0.4, 0.5) is 0 Å². The zero-order valence-corrected chi connectivity index (χ0v) is 51.9. The maximum atomic E-state index is 13.2. The number of hydrogen-bond donors (Lipinski definition) is 3. The van der Waals surface area contributed by atoms with E-state index in [1.807, 2.05) is 0 Å². The number of carbonyl (C=O) groups excluding carboxylic acids is 3. The summed E-state index contributed by atoms with van der Waals surface area (Å²) in [7, 11) is 0. The third kappa shape index (κ3) is 47.1. The molecule has 470 valence electrons. The number of aliphatic hydroxyl groups is 2. The summed E-state index contributed by atoms with van der Waals surface area (Å²) in [6.07, 6.45) is 67.2. The molecule has 12 heteroatoms. The maximum absolute atomic E-state index is 13.2. The molecular weight excluding hydrogens is 1040 g/mol. The molecule has 0 amide bonds. The first-order chi connectivity index (χ1) is 40.6. The van der Waals surface area contributed by atoms with Crippen LogP contribution in [0.3, 0.4) is 0 Å². The highest BCUT2D eigenvalue weighted by atomic mass is 16.7. The van der Waals surface area contributed by atoms with Gasteiger partial charge in [-0.1, -0.05) is 245 Å². The van der Waals surface area contributed by atoms with Gasteiger partial charge in [0.05, 0.1) is 6.61 Å². The number of carbonyl (C=O) groups is 4. The first-order valence-corrected chi connectivity index (χ1v) is 32.5. The second-order valence-electron chi connectivity index (χ2n) is 21.6. The summed E-state index contributed by atoms with van der Waals surface area (Å²) in [5, 5.41) is 31.6. The van der Waals surface area contributed by atoms with Gasteiger partial charge in [0.2, 0.25) is 0 Å². The van der Waals surface area contributed by atoms with Crippen LogP contribution in [0.15, 0.2) is 122 Å². The molecule has 0 aromatic heterocycles. The van der Waals surface area contributed by atoms with E-state index in [0.717, 1.165) is 128 Å². The normalized spacial score (nSPS) is 18.4. The summed E-state index contributed by atoms with van der Waals surface area (Å²) in [5.74, 6) is -3.21. The summed E-state index contributed by atoms with van der Waals surface area (Å²) in [5.41, 5.74) is 0. The van der Waals surface area contributed by atoms with Crippen LogP contribution in [-0.2, 0) is 42.9 Å². The predicted molar refractivity (Wildman–Crippen MR) is 340 cm³/mol. The minimum Gasteiger partial charge on any atom is -0.479 e. The molecule has 1 saturated heterocycles. The number of aliphatic carboxylic acids is 1. The third-order valence-electron chi connectivity index (χ3n) is 14.0. The van der Waals surface area contributed by atoms with Crippen molar-refractivity contribution in [3.63, 3.8) is 0 Å². The minimum atomic E-state index is -1.92. The maximum Gasteiger partial charge on any atom is 0.335 e. The van der Waals surface area contributed by atoms with Gasteiger partial charge in [-0.05, 0) is 109 Å². The molecule has 1 aliphatic rings. The topological polar surface area (TPSA) is 175 Å². The van der Waals surface area contributed by atoms with E-state index in [1.54, 1.807) is 0 Å². The van der Waals surface area contributed by atoms with Crippen molar-refractivity contribution >= 4 is 23.9 Å². The number of allylic oxidation sites excluding steroid dienone is 20. The molecule has 1 rings (SSSR count). The average molecular weight is 1160 g/mol. The van der Waals surface area contributed by atoms with Crippen molar-refractivity contribution in [3.8, 4) is 0 Å². The van der Waals surface area contributed by atoms with Crippen LogP contribution in [-0.4, -0.2) is 89.2 Å². The quantitative estimate of drug-likeness (QED) is 0.0228. The van der Waals surface area contributed by atoms with Gasteiger partial charge in [0, 0.05) is 19.3 Å². The number of carboxylic acid groups (broad SMARTS) is 1. The first kappa shape index (κ1) is 76.1. The molecule has 1 fully saturated rings. The molecule has 83 heavy (non-hydrogen) atoms. The molecule has 6 atom stereocenters.